The highest BCUT2D eigenvalue weighted by atomic mass is 19.4. The third kappa shape index (κ3) is 1.74. The van der Waals surface area contributed by atoms with Crippen LogP contribution in [0.4, 0.5) is 13.2 Å². The summed E-state index contributed by atoms with van der Waals surface area (Å²) in [5.74, 6) is 0. The number of hydrogen-bond acceptors (Lipinski definition) is 2. The highest BCUT2D eigenvalue weighted by Gasteiger charge is 2.37. The summed E-state index contributed by atoms with van der Waals surface area (Å²) < 4.78 is 35.7. The van der Waals surface area contributed by atoms with Gasteiger partial charge >= 0.3 is 6.18 Å². The average Bonchev–Trinajstić information content (AvgIpc) is 1.86. The van der Waals surface area contributed by atoms with Gasteiger partial charge in [-0.2, -0.15) is 13.2 Å². The monoisotopic (exact) mass is 165 g/mol. The molecular weight excluding hydrogens is 159 g/mol. The van der Waals surface area contributed by atoms with Gasteiger partial charge in [-0.15, -0.1) is 0 Å². The Hall–Kier alpha value is -0.970. The largest absolute Gasteiger partial charge is 0.433 e. The zero-order chi connectivity index (χ0) is 8.48. The van der Waals surface area contributed by atoms with E-state index in [2.05, 4.69) is 0 Å². The Labute approximate surface area is 61.2 Å². The summed E-state index contributed by atoms with van der Waals surface area (Å²) in [5.41, 5.74) is -1.03. The molecule has 0 aromatic heterocycles. The van der Waals surface area contributed by atoms with Gasteiger partial charge in [0, 0.05) is 6.20 Å². The minimum Gasteiger partial charge on any atom is -0.284 e. The number of nitrogens with zero attached hydrogens (tertiary/aromatic N) is 1. The number of hydroxylamine groups is 2. The molecule has 0 bridgehead atoms. The molecule has 1 heterocycles. The van der Waals surface area contributed by atoms with Crippen LogP contribution < -0.4 is 0 Å². The van der Waals surface area contributed by atoms with Gasteiger partial charge < -0.3 is 0 Å². The fraction of sp³-hybridized carbons (Fsp3) is 0.333. The van der Waals surface area contributed by atoms with Crippen molar-refractivity contribution >= 4 is 0 Å². The Bertz CT molecular complexity index is 206. The van der Waals surface area contributed by atoms with Crippen molar-refractivity contribution in [3.63, 3.8) is 0 Å². The van der Waals surface area contributed by atoms with Crippen molar-refractivity contribution in [3.8, 4) is 0 Å². The maximum absolute atomic E-state index is 11.9. The Morgan fingerprint density at radius 2 is 2.09 bits per heavy atom. The summed E-state index contributed by atoms with van der Waals surface area (Å²) in [6.45, 7) is 0. The highest BCUT2D eigenvalue weighted by molar-refractivity contribution is 5.14. The molecule has 0 radical (unpaired) electrons. The van der Waals surface area contributed by atoms with E-state index < -0.39 is 11.9 Å². The molecule has 0 aromatic rings. The predicted octanol–water partition coefficient (Wildman–Crippen LogP) is 2.04. The first kappa shape index (κ1) is 8.13. The van der Waals surface area contributed by atoms with Gasteiger partial charge in [-0.05, 0) is 12.5 Å². The van der Waals surface area contributed by atoms with E-state index in [1.165, 1.54) is 6.08 Å². The van der Waals surface area contributed by atoms with Gasteiger partial charge in [-0.3, -0.25) is 5.21 Å². The molecule has 0 atom stereocenters. The lowest BCUT2D eigenvalue weighted by Gasteiger charge is -2.20. The highest BCUT2D eigenvalue weighted by Crippen LogP contribution is 2.29. The Morgan fingerprint density at radius 3 is 2.45 bits per heavy atom. The summed E-state index contributed by atoms with van der Waals surface area (Å²) in [5, 5.41) is 8.74. The van der Waals surface area contributed by atoms with Crippen molar-refractivity contribution in [3.05, 3.63) is 24.0 Å². The van der Waals surface area contributed by atoms with Gasteiger partial charge in [0.2, 0.25) is 0 Å². The van der Waals surface area contributed by atoms with Gasteiger partial charge in [0.15, 0.2) is 0 Å². The number of alkyl halides is 3. The maximum Gasteiger partial charge on any atom is 0.433 e. The van der Waals surface area contributed by atoms with Gasteiger partial charge in [-0.1, -0.05) is 6.08 Å². The first-order valence-corrected chi connectivity index (χ1v) is 2.94. The average molecular weight is 165 g/mol. The van der Waals surface area contributed by atoms with Crippen molar-refractivity contribution in [2.24, 2.45) is 0 Å². The number of halogens is 3. The van der Waals surface area contributed by atoms with Gasteiger partial charge in [0.25, 0.3) is 0 Å². The minimum atomic E-state index is -4.47. The standard InChI is InChI=1S/C6H6F3NO/c7-6(8,9)5-3-1-2-4-10(5)11/h2-4,11H,1H2. The fourth-order valence-corrected chi connectivity index (χ4v) is 0.760. The van der Waals surface area contributed by atoms with E-state index in [1.54, 1.807) is 0 Å². The van der Waals surface area contributed by atoms with E-state index in [-0.39, 0.29) is 11.5 Å². The van der Waals surface area contributed by atoms with E-state index in [0.29, 0.717) is 0 Å². The van der Waals surface area contributed by atoms with Crippen LogP contribution in [0.1, 0.15) is 6.42 Å². The number of allylic oxidation sites excluding steroid dienone is 3. The van der Waals surface area contributed by atoms with E-state index in [4.69, 9.17) is 5.21 Å². The topological polar surface area (TPSA) is 23.5 Å². The Kier molecular flexibility index (Phi) is 1.90. The van der Waals surface area contributed by atoms with Gasteiger partial charge in [-0.25, -0.2) is 5.06 Å². The molecule has 2 nitrogen and oxygen atoms in total. The molecule has 0 aromatic carbocycles. The molecule has 0 amide bonds. The summed E-state index contributed by atoms with van der Waals surface area (Å²) in [6.07, 6.45) is -0.955. The second-order valence-electron chi connectivity index (χ2n) is 2.05. The molecule has 5 heteroatoms. The normalized spacial score (nSPS) is 18.5. The lowest BCUT2D eigenvalue weighted by Crippen LogP contribution is -2.26. The van der Waals surface area contributed by atoms with E-state index in [1.807, 2.05) is 0 Å². The molecule has 11 heavy (non-hydrogen) atoms. The lowest BCUT2D eigenvalue weighted by molar-refractivity contribution is -0.148. The van der Waals surface area contributed by atoms with Crippen molar-refractivity contribution in [2.45, 2.75) is 12.6 Å². The van der Waals surface area contributed by atoms with Crippen LogP contribution in [0.2, 0.25) is 0 Å². The van der Waals surface area contributed by atoms with Crippen molar-refractivity contribution in [2.75, 3.05) is 0 Å². The summed E-state index contributed by atoms with van der Waals surface area (Å²) in [7, 11) is 0. The molecule has 62 valence electrons. The quantitative estimate of drug-likeness (QED) is 0.593. The molecule has 1 aliphatic rings. The van der Waals surface area contributed by atoms with Gasteiger partial charge in [0.05, 0.1) is 0 Å². The van der Waals surface area contributed by atoms with Crippen molar-refractivity contribution in [1.29, 1.82) is 0 Å². The lowest BCUT2D eigenvalue weighted by atomic mass is 10.2. The zero-order valence-corrected chi connectivity index (χ0v) is 5.47. The molecule has 1 aliphatic heterocycles. The van der Waals surface area contributed by atoms with E-state index in [0.717, 1.165) is 12.3 Å². The Balaban J connectivity index is 2.80. The van der Waals surface area contributed by atoms with Crippen molar-refractivity contribution < 1.29 is 18.4 Å². The van der Waals surface area contributed by atoms with Crippen LogP contribution in [0, 0.1) is 0 Å². The first-order chi connectivity index (χ1) is 5.02. The maximum atomic E-state index is 11.9. The van der Waals surface area contributed by atoms with Crippen LogP contribution in [-0.4, -0.2) is 16.4 Å². The molecule has 0 spiro atoms. The SMILES string of the molecule is ON1C=CCC=C1C(F)(F)F. The van der Waals surface area contributed by atoms with Crippen LogP contribution in [0.15, 0.2) is 24.0 Å². The second kappa shape index (κ2) is 2.58. The minimum absolute atomic E-state index is 0.0729. The van der Waals surface area contributed by atoms with Crippen molar-refractivity contribution in [1.82, 2.24) is 5.06 Å². The molecule has 0 aliphatic carbocycles. The summed E-state index contributed by atoms with van der Waals surface area (Å²) in [4.78, 5) is 0. The zero-order valence-electron chi connectivity index (χ0n) is 5.47. The first-order valence-electron chi connectivity index (χ1n) is 2.94. The molecule has 0 fully saturated rings. The number of hydrogen-bond donors (Lipinski definition) is 1. The second-order valence-corrected chi connectivity index (χ2v) is 2.05. The third-order valence-corrected chi connectivity index (χ3v) is 1.23. The molecule has 0 unspecified atom stereocenters. The van der Waals surface area contributed by atoms with E-state index >= 15 is 0 Å². The Morgan fingerprint density at radius 1 is 1.45 bits per heavy atom. The van der Waals surface area contributed by atoms with Crippen LogP contribution in [0.5, 0.6) is 0 Å². The van der Waals surface area contributed by atoms with E-state index in [9.17, 15) is 13.2 Å². The molecule has 1 N–H and O–H groups in total. The summed E-state index contributed by atoms with van der Waals surface area (Å²) >= 11 is 0. The molecule has 0 saturated heterocycles. The third-order valence-electron chi connectivity index (χ3n) is 1.23. The number of rotatable bonds is 0. The smallest absolute Gasteiger partial charge is 0.284 e. The molecule has 1 rings (SSSR count). The van der Waals surface area contributed by atoms with Crippen LogP contribution in [0.25, 0.3) is 0 Å². The van der Waals surface area contributed by atoms with Crippen LogP contribution >= 0.6 is 0 Å². The summed E-state index contributed by atoms with van der Waals surface area (Å²) in [6, 6.07) is 0. The van der Waals surface area contributed by atoms with Crippen LogP contribution in [0.3, 0.4) is 0 Å². The van der Waals surface area contributed by atoms with Crippen LogP contribution in [-0.2, 0) is 0 Å². The molecule has 0 saturated carbocycles. The van der Waals surface area contributed by atoms with Gasteiger partial charge in [0.1, 0.15) is 5.70 Å². The fourth-order valence-electron chi connectivity index (χ4n) is 0.760. The predicted molar refractivity (Wildman–Crippen MR) is 31.5 cm³/mol. The molecular formula is C6H6F3NO.